The number of aromatic nitrogens is 3. The maximum Gasteiger partial charge on any atom is 0.139 e. The molecule has 0 saturated carbocycles. The van der Waals surface area contributed by atoms with Crippen LogP contribution >= 0.6 is 0 Å². The number of benzene rings is 1. The van der Waals surface area contributed by atoms with Crippen molar-refractivity contribution in [2.75, 3.05) is 7.11 Å². The lowest BCUT2D eigenvalue weighted by atomic mass is 9.68. The summed E-state index contributed by atoms with van der Waals surface area (Å²) in [4.78, 5) is 13.5. The van der Waals surface area contributed by atoms with Gasteiger partial charge in [-0.05, 0) is 53.4 Å². The Balaban J connectivity index is 2.03. The fourth-order valence-electron chi connectivity index (χ4n) is 3.94. The van der Waals surface area contributed by atoms with Gasteiger partial charge in [-0.25, -0.2) is 0 Å². The minimum atomic E-state index is -0.662. The van der Waals surface area contributed by atoms with Crippen LogP contribution in [-0.2, 0) is 11.8 Å². The summed E-state index contributed by atoms with van der Waals surface area (Å²) in [6.07, 6.45) is 9.56. The number of hydrogen-bond donors (Lipinski definition) is 0. The smallest absolute Gasteiger partial charge is 0.139 e. The molecule has 5 nitrogen and oxygen atoms in total. The molecular weight excluding hydrogens is 372 g/mol. The van der Waals surface area contributed by atoms with Crippen LogP contribution in [0.15, 0.2) is 91.6 Å². The van der Waals surface area contributed by atoms with Gasteiger partial charge in [0.1, 0.15) is 11.8 Å². The fourth-order valence-corrected chi connectivity index (χ4v) is 3.94. The largest absolute Gasteiger partial charge is 0.495 e. The number of ether oxygens (including phenoxy) is 1. The molecule has 3 heterocycles. The summed E-state index contributed by atoms with van der Waals surface area (Å²) < 4.78 is 5.65. The van der Waals surface area contributed by atoms with Crippen LogP contribution in [0.5, 0.6) is 5.75 Å². The summed E-state index contributed by atoms with van der Waals surface area (Å²) in [5, 5.41) is 9.56. The molecule has 0 N–H and O–H groups in total. The van der Waals surface area contributed by atoms with E-state index in [-0.39, 0.29) is 0 Å². The molecule has 0 aliphatic carbocycles. The topological polar surface area (TPSA) is 71.7 Å². The molecule has 0 amide bonds. The average molecular weight is 392 g/mol. The van der Waals surface area contributed by atoms with Crippen LogP contribution in [0.2, 0.25) is 0 Å². The van der Waals surface area contributed by atoms with Gasteiger partial charge in [-0.15, -0.1) is 0 Å². The molecule has 0 aliphatic heterocycles. The number of methoxy groups -OCH3 is 1. The van der Waals surface area contributed by atoms with E-state index < -0.39 is 5.41 Å². The molecule has 30 heavy (non-hydrogen) atoms. The Labute approximate surface area is 175 Å². The summed E-state index contributed by atoms with van der Waals surface area (Å²) in [6.45, 7) is 0. The molecule has 3 aromatic heterocycles. The van der Waals surface area contributed by atoms with Gasteiger partial charge in [0.25, 0.3) is 0 Å². The Morgan fingerprint density at radius 1 is 0.867 bits per heavy atom. The molecule has 0 atom stereocenters. The number of para-hydroxylation sites is 1. The molecule has 0 bridgehead atoms. The van der Waals surface area contributed by atoms with Crippen LogP contribution in [0.3, 0.4) is 0 Å². The van der Waals surface area contributed by atoms with E-state index in [4.69, 9.17) is 9.72 Å². The van der Waals surface area contributed by atoms with Crippen LogP contribution in [-0.4, -0.2) is 22.1 Å². The number of nitriles is 1. The van der Waals surface area contributed by atoms with Crippen molar-refractivity contribution in [1.82, 2.24) is 15.0 Å². The van der Waals surface area contributed by atoms with Crippen molar-refractivity contribution in [3.63, 3.8) is 0 Å². The van der Waals surface area contributed by atoms with Crippen molar-refractivity contribution >= 4 is 0 Å². The van der Waals surface area contributed by atoms with Gasteiger partial charge >= 0.3 is 0 Å². The highest BCUT2D eigenvalue weighted by molar-refractivity contribution is 5.54. The van der Waals surface area contributed by atoms with E-state index in [0.717, 1.165) is 22.4 Å². The Morgan fingerprint density at radius 3 is 2.13 bits per heavy atom. The van der Waals surface area contributed by atoms with Crippen molar-refractivity contribution in [1.29, 1.82) is 5.26 Å². The third kappa shape index (κ3) is 3.40. The Morgan fingerprint density at radius 2 is 1.60 bits per heavy atom. The minimum Gasteiger partial charge on any atom is -0.495 e. The third-order valence-electron chi connectivity index (χ3n) is 5.29. The molecule has 5 heteroatoms. The van der Waals surface area contributed by atoms with E-state index in [1.54, 1.807) is 31.8 Å². The monoisotopic (exact) mass is 392 g/mol. The van der Waals surface area contributed by atoms with Gasteiger partial charge in [-0.3, -0.25) is 15.0 Å². The van der Waals surface area contributed by atoms with E-state index in [2.05, 4.69) is 28.2 Å². The lowest BCUT2D eigenvalue weighted by molar-refractivity contribution is 0.404. The van der Waals surface area contributed by atoms with Crippen molar-refractivity contribution in [3.8, 4) is 11.8 Å². The predicted molar refractivity (Wildman–Crippen MR) is 114 cm³/mol. The Kier molecular flexibility index (Phi) is 5.49. The molecule has 0 fully saturated rings. The SMILES string of the molecule is COc1c(C#N)cccc1CC(c1cccnc1)(c1cccnc1)c1ccccn1. The second kappa shape index (κ2) is 8.54. The summed E-state index contributed by atoms with van der Waals surface area (Å²) in [5.41, 5.74) is 3.60. The van der Waals surface area contributed by atoms with Crippen LogP contribution in [0, 0.1) is 11.3 Å². The van der Waals surface area contributed by atoms with E-state index in [9.17, 15) is 5.26 Å². The average Bonchev–Trinajstić information content (AvgIpc) is 2.84. The molecule has 4 aromatic rings. The summed E-state index contributed by atoms with van der Waals surface area (Å²) in [6, 6.07) is 21.7. The first-order valence-corrected chi connectivity index (χ1v) is 9.58. The summed E-state index contributed by atoms with van der Waals surface area (Å²) in [5.74, 6) is 0.577. The highest BCUT2D eigenvalue weighted by Crippen LogP contribution is 2.42. The minimum absolute atomic E-state index is 0.502. The fraction of sp³-hybridized carbons (Fsp3) is 0.120. The van der Waals surface area contributed by atoms with Crippen molar-refractivity contribution in [3.05, 3.63) is 120 Å². The van der Waals surface area contributed by atoms with E-state index in [0.29, 0.717) is 17.7 Å². The highest BCUT2D eigenvalue weighted by Gasteiger charge is 2.39. The molecule has 0 aliphatic rings. The van der Waals surface area contributed by atoms with Gasteiger partial charge in [-0.2, -0.15) is 5.26 Å². The molecule has 0 radical (unpaired) electrons. The highest BCUT2D eigenvalue weighted by atomic mass is 16.5. The molecule has 146 valence electrons. The molecule has 1 aromatic carbocycles. The van der Waals surface area contributed by atoms with E-state index in [1.807, 2.05) is 54.9 Å². The summed E-state index contributed by atoms with van der Waals surface area (Å²) >= 11 is 0. The Bertz CT molecular complexity index is 1060. The molecular formula is C25H20N4O. The van der Waals surface area contributed by atoms with Crippen molar-refractivity contribution in [2.24, 2.45) is 0 Å². The van der Waals surface area contributed by atoms with Crippen LogP contribution < -0.4 is 4.74 Å². The standard InChI is InChI=1S/C25H20N4O/c1-30-24-19(7-4-8-20(24)16-26)15-25(21-9-5-12-27-17-21,22-10-6-13-28-18-22)23-11-2-3-14-29-23/h2-14,17-18H,15H2,1H3. The third-order valence-corrected chi connectivity index (χ3v) is 5.29. The van der Waals surface area contributed by atoms with Gasteiger partial charge in [0.2, 0.25) is 0 Å². The molecule has 0 saturated heterocycles. The van der Waals surface area contributed by atoms with Crippen LogP contribution in [0.25, 0.3) is 0 Å². The van der Waals surface area contributed by atoms with Gasteiger partial charge in [0.05, 0.1) is 23.8 Å². The predicted octanol–water partition coefficient (Wildman–Crippen LogP) is 4.33. The zero-order valence-corrected chi connectivity index (χ0v) is 16.6. The van der Waals surface area contributed by atoms with Gasteiger partial charge in [-0.1, -0.05) is 30.3 Å². The lowest BCUT2D eigenvalue weighted by Gasteiger charge is -2.35. The lowest BCUT2D eigenvalue weighted by Crippen LogP contribution is -2.33. The van der Waals surface area contributed by atoms with Crippen molar-refractivity contribution in [2.45, 2.75) is 11.8 Å². The maximum absolute atomic E-state index is 9.56. The number of pyridine rings is 3. The second-order valence-electron chi connectivity index (χ2n) is 6.89. The first kappa shape index (κ1) is 19.3. The van der Waals surface area contributed by atoms with Gasteiger partial charge < -0.3 is 4.74 Å². The quantitative estimate of drug-likeness (QED) is 0.488. The number of nitrogens with zero attached hydrogens (tertiary/aromatic N) is 4. The van der Waals surface area contributed by atoms with Crippen molar-refractivity contribution < 1.29 is 4.74 Å². The first-order chi connectivity index (χ1) is 14.8. The summed E-state index contributed by atoms with van der Waals surface area (Å²) in [7, 11) is 1.59. The van der Waals surface area contributed by atoms with Gasteiger partial charge in [0.15, 0.2) is 0 Å². The maximum atomic E-state index is 9.56. The van der Waals surface area contributed by atoms with Crippen LogP contribution in [0.1, 0.15) is 27.9 Å². The number of rotatable bonds is 6. The van der Waals surface area contributed by atoms with Gasteiger partial charge in [0, 0.05) is 31.0 Å². The molecule has 4 rings (SSSR count). The van der Waals surface area contributed by atoms with E-state index >= 15 is 0 Å². The molecule has 0 unspecified atom stereocenters. The number of hydrogen-bond acceptors (Lipinski definition) is 5. The van der Waals surface area contributed by atoms with E-state index in [1.165, 1.54) is 0 Å². The molecule has 0 spiro atoms. The second-order valence-corrected chi connectivity index (χ2v) is 6.89. The Hall–Kier alpha value is -4.04. The zero-order valence-electron chi connectivity index (χ0n) is 16.6. The van der Waals surface area contributed by atoms with Crippen LogP contribution in [0.4, 0.5) is 0 Å². The first-order valence-electron chi connectivity index (χ1n) is 9.58. The zero-order chi connectivity index (χ0) is 20.8. The normalized spacial score (nSPS) is 10.9.